The van der Waals surface area contributed by atoms with E-state index in [4.69, 9.17) is 5.26 Å². The summed E-state index contributed by atoms with van der Waals surface area (Å²) >= 11 is 0. The van der Waals surface area contributed by atoms with Gasteiger partial charge in [-0.3, -0.25) is 0 Å². The summed E-state index contributed by atoms with van der Waals surface area (Å²) in [5.41, 5.74) is 3.09. The van der Waals surface area contributed by atoms with Crippen molar-refractivity contribution in [3.63, 3.8) is 0 Å². The summed E-state index contributed by atoms with van der Waals surface area (Å²) in [6.07, 6.45) is 3.28. The molecule has 0 amide bonds. The smallest absolute Gasteiger partial charge is 0.144 e. The Kier molecular flexibility index (Phi) is 2.59. The molecule has 1 aromatic heterocycles. The lowest BCUT2D eigenvalue weighted by Gasteiger charge is -2.12. The van der Waals surface area contributed by atoms with E-state index in [1.165, 1.54) is 12.0 Å². The van der Waals surface area contributed by atoms with Crippen LogP contribution in [-0.2, 0) is 12.8 Å². The third-order valence-electron chi connectivity index (χ3n) is 2.60. The van der Waals surface area contributed by atoms with E-state index in [1.54, 1.807) is 0 Å². The molecule has 0 bridgehead atoms. The third kappa shape index (κ3) is 1.94. The van der Waals surface area contributed by atoms with Crippen LogP contribution in [-0.4, -0.2) is 11.0 Å². The van der Waals surface area contributed by atoms with Crippen molar-refractivity contribution < 1.29 is 0 Å². The van der Waals surface area contributed by atoms with Gasteiger partial charge < -0.3 is 5.32 Å². The average molecular weight is 201 g/mol. The van der Waals surface area contributed by atoms with Crippen molar-refractivity contribution >= 4 is 5.82 Å². The Balaban J connectivity index is 2.41. The minimum Gasteiger partial charge on any atom is -0.367 e. The maximum atomic E-state index is 9.03. The number of fused-ring (bicyclic) bond motifs is 1. The van der Waals surface area contributed by atoms with Crippen LogP contribution in [0.4, 0.5) is 5.82 Å². The van der Waals surface area contributed by atoms with Crippen LogP contribution in [0.3, 0.4) is 0 Å². The van der Waals surface area contributed by atoms with Gasteiger partial charge in [0.05, 0.1) is 5.56 Å². The SMILES string of the molecule is CC(C)Nc1nc2c(cc1C#N)CCC2. The molecule has 3 nitrogen and oxygen atoms in total. The lowest BCUT2D eigenvalue weighted by molar-refractivity contribution is 0.876. The van der Waals surface area contributed by atoms with Crippen molar-refractivity contribution in [3.8, 4) is 6.07 Å². The molecule has 78 valence electrons. The average Bonchev–Trinajstić information content (AvgIpc) is 2.62. The molecule has 1 aliphatic carbocycles. The highest BCUT2D eigenvalue weighted by Crippen LogP contribution is 2.25. The van der Waals surface area contributed by atoms with Gasteiger partial charge in [-0.2, -0.15) is 5.26 Å². The lowest BCUT2D eigenvalue weighted by atomic mass is 10.1. The van der Waals surface area contributed by atoms with E-state index in [1.807, 2.05) is 6.07 Å². The van der Waals surface area contributed by atoms with Crippen LogP contribution >= 0.6 is 0 Å². The topological polar surface area (TPSA) is 48.7 Å². The predicted octanol–water partition coefficient (Wildman–Crippen LogP) is 2.26. The number of aromatic nitrogens is 1. The molecule has 1 N–H and O–H groups in total. The number of aryl methyl sites for hydroxylation is 2. The van der Waals surface area contributed by atoms with Crippen LogP contribution in [0.25, 0.3) is 0 Å². The van der Waals surface area contributed by atoms with Crippen molar-refractivity contribution in [3.05, 3.63) is 22.9 Å². The number of nitrogens with zero attached hydrogens (tertiary/aromatic N) is 2. The number of hydrogen-bond acceptors (Lipinski definition) is 3. The monoisotopic (exact) mass is 201 g/mol. The van der Waals surface area contributed by atoms with Gasteiger partial charge in [-0.25, -0.2) is 4.98 Å². The third-order valence-corrected chi connectivity index (χ3v) is 2.60. The number of anilines is 1. The first-order valence-electron chi connectivity index (χ1n) is 5.40. The van der Waals surface area contributed by atoms with E-state index in [-0.39, 0.29) is 0 Å². The first-order chi connectivity index (χ1) is 7.20. The highest BCUT2D eigenvalue weighted by molar-refractivity contribution is 5.55. The zero-order chi connectivity index (χ0) is 10.8. The molecular weight excluding hydrogens is 186 g/mol. The first kappa shape index (κ1) is 9.97. The molecule has 0 saturated heterocycles. The van der Waals surface area contributed by atoms with E-state index >= 15 is 0 Å². The maximum absolute atomic E-state index is 9.03. The molecule has 15 heavy (non-hydrogen) atoms. The summed E-state index contributed by atoms with van der Waals surface area (Å²) in [4.78, 5) is 4.53. The van der Waals surface area contributed by atoms with E-state index in [0.717, 1.165) is 24.4 Å². The van der Waals surface area contributed by atoms with Crippen molar-refractivity contribution in [2.75, 3.05) is 5.32 Å². The number of hydrogen-bond donors (Lipinski definition) is 1. The van der Waals surface area contributed by atoms with E-state index in [9.17, 15) is 0 Å². The summed E-state index contributed by atoms with van der Waals surface area (Å²) in [5, 5.41) is 12.3. The van der Waals surface area contributed by atoms with Gasteiger partial charge in [-0.1, -0.05) is 0 Å². The fraction of sp³-hybridized carbons (Fsp3) is 0.500. The minimum absolute atomic E-state index is 0.309. The lowest BCUT2D eigenvalue weighted by Crippen LogP contribution is -2.13. The van der Waals surface area contributed by atoms with Crippen LogP contribution in [0.5, 0.6) is 0 Å². The van der Waals surface area contributed by atoms with Crippen molar-refractivity contribution in [2.24, 2.45) is 0 Å². The molecule has 1 aliphatic rings. The summed E-state index contributed by atoms with van der Waals surface area (Å²) in [6, 6.07) is 4.50. The summed E-state index contributed by atoms with van der Waals surface area (Å²) < 4.78 is 0. The molecule has 0 fully saturated rings. The number of nitrogens with one attached hydrogen (secondary N) is 1. The Labute approximate surface area is 90.1 Å². The summed E-state index contributed by atoms with van der Waals surface area (Å²) in [5.74, 6) is 0.744. The van der Waals surface area contributed by atoms with Gasteiger partial charge in [-0.05, 0) is 44.7 Å². The quantitative estimate of drug-likeness (QED) is 0.798. The van der Waals surface area contributed by atoms with Crippen LogP contribution in [0.2, 0.25) is 0 Å². The Bertz CT molecular complexity index is 416. The molecule has 0 aromatic carbocycles. The highest BCUT2D eigenvalue weighted by Gasteiger charge is 2.16. The van der Waals surface area contributed by atoms with Crippen LogP contribution in [0.15, 0.2) is 6.07 Å². The second-order valence-electron chi connectivity index (χ2n) is 4.25. The molecule has 3 heteroatoms. The van der Waals surface area contributed by atoms with Gasteiger partial charge in [-0.15, -0.1) is 0 Å². The Morgan fingerprint density at radius 2 is 2.27 bits per heavy atom. The Morgan fingerprint density at radius 3 is 2.93 bits per heavy atom. The van der Waals surface area contributed by atoms with Crippen LogP contribution < -0.4 is 5.32 Å². The second-order valence-corrected chi connectivity index (χ2v) is 4.25. The standard InChI is InChI=1S/C12H15N3/c1-8(2)14-12-10(7-13)6-9-4-3-5-11(9)15-12/h6,8H,3-5H2,1-2H3,(H,14,15). The van der Waals surface area contributed by atoms with Crippen molar-refractivity contribution in [2.45, 2.75) is 39.2 Å². The molecular formula is C12H15N3. The molecule has 2 rings (SSSR count). The Hall–Kier alpha value is -1.56. The first-order valence-corrected chi connectivity index (χ1v) is 5.40. The van der Waals surface area contributed by atoms with E-state index in [0.29, 0.717) is 11.6 Å². The second kappa shape index (κ2) is 3.90. The number of pyridine rings is 1. The number of nitriles is 1. The zero-order valence-corrected chi connectivity index (χ0v) is 9.17. The minimum atomic E-state index is 0.309. The van der Waals surface area contributed by atoms with Gasteiger partial charge in [0, 0.05) is 11.7 Å². The fourth-order valence-electron chi connectivity index (χ4n) is 1.94. The molecule has 1 heterocycles. The Morgan fingerprint density at radius 1 is 1.47 bits per heavy atom. The zero-order valence-electron chi connectivity index (χ0n) is 9.17. The highest BCUT2D eigenvalue weighted by atomic mass is 15.0. The van der Waals surface area contributed by atoms with Gasteiger partial charge in [0.15, 0.2) is 0 Å². The predicted molar refractivity (Wildman–Crippen MR) is 59.7 cm³/mol. The van der Waals surface area contributed by atoms with Crippen molar-refractivity contribution in [1.82, 2.24) is 4.98 Å². The van der Waals surface area contributed by atoms with Gasteiger partial charge in [0.25, 0.3) is 0 Å². The molecule has 1 aromatic rings. The molecule has 0 aliphatic heterocycles. The molecule has 0 spiro atoms. The van der Waals surface area contributed by atoms with Gasteiger partial charge >= 0.3 is 0 Å². The largest absolute Gasteiger partial charge is 0.367 e. The molecule has 0 saturated carbocycles. The van der Waals surface area contributed by atoms with Crippen LogP contribution in [0.1, 0.15) is 37.1 Å². The maximum Gasteiger partial charge on any atom is 0.144 e. The van der Waals surface area contributed by atoms with Gasteiger partial charge in [0.1, 0.15) is 11.9 Å². The number of rotatable bonds is 2. The van der Waals surface area contributed by atoms with E-state index < -0.39 is 0 Å². The van der Waals surface area contributed by atoms with Gasteiger partial charge in [0.2, 0.25) is 0 Å². The normalized spacial score (nSPS) is 13.7. The molecule has 0 atom stereocenters. The van der Waals surface area contributed by atoms with Crippen molar-refractivity contribution in [1.29, 1.82) is 5.26 Å². The fourth-order valence-corrected chi connectivity index (χ4v) is 1.94. The summed E-state index contributed by atoms with van der Waals surface area (Å²) in [6.45, 7) is 4.10. The molecule has 0 radical (unpaired) electrons. The molecule has 0 unspecified atom stereocenters. The summed E-state index contributed by atoms with van der Waals surface area (Å²) in [7, 11) is 0. The van der Waals surface area contributed by atoms with Crippen LogP contribution in [0, 0.1) is 11.3 Å². The van der Waals surface area contributed by atoms with E-state index in [2.05, 4.69) is 30.2 Å².